The molecular formula is C26H24O6. The Morgan fingerprint density at radius 1 is 0.781 bits per heavy atom. The van der Waals surface area contributed by atoms with Gasteiger partial charge in [-0.25, -0.2) is 4.79 Å². The molecule has 164 valence electrons. The molecule has 3 rings (SSSR count). The molecule has 0 bridgehead atoms. The van der Waals surface area contributed by atoms with Crippen LogP contribution in [0.15, 0.2) is 97.1 Å². The summed E-state index contributed by atoms with van der Waals surface area (Å²) in [5, 5.41) is 8.38. The summed E-state index contributed by atoms with van der Waals surface area (Å²) in [6, 6.07) is 24.3. The largest absolute Gasteiger partial charge is 0.497 e. The summed E-state index contributed by atoms with van der Waals surface area (Å²) < 4.78 is 9.93. The Morgan fingerprint density at radius 3 is 1.75 bits per heavy atom. The van der Waals surface area contributed by atoms with Crippen LogP contribution in [0, 0.1) is 0 Å². The van der Waals surface area contributed by atoms with Gasteiger partial charge in [0.25, 0.3) is 0 Å². The second-order valence-electron chi connectivity index (χ2n) is 6.53. The number of carbonyl (C=O) groups is 3. The van der Waals surface area contributed by atoms with E-state index in [1.807, 2.05) is 6.07 Å². The molecule has 0 spiro atoms. The minimum Gasteiger partial charge on any atom is -0.497 e. The predicted octanol–water partition coefficient (Wildman–Crippen LogP) is 4.78. The van der Waals surface area contributed by atoms with Crippen LogP contribution in [0.2, 0.25) is 0 Å². The van der Waals surface area contributed by atoms with Crippen molar-refractivity contribution in [2.45, 2.75) is 5.92 Å². The first-order valence-corrected chi connectivity index (χ1v) is 9.74. The standard InChI is InChI=1S/C19H18O4.C7H6O2/c1-22-16-10-8-14(9-11-16)17(19(21)23-2)12-13-18(20)15-6-4-3-5-7-15;8-7(9)6-4-2-1-3-5-6/h3-13,17H,1-2H3;1-5H,(H,8,9)/b13-12+;. The molecule has 6 nitrogen and oxygen atoms in total. The summed E-state index contributed by atoms with van der Waals surface area (Å²) in [4.78, 5) is 34.3. The maximum atomic E-state index is 12.1. The fourth-order valence-electron chi connectivity index (χ4n) is 2.73. The van der Waals surface area contributed by atoms with Crippen LogP contribution in [0.1, 0.15) is 32.2 Å². The number of hydrogen-bond donors (Lipinski definition) is 1. The first-order chi connectivity index (χ1) is 15.5. The Kier molecular flexibility index (Phi) is 9.40. The average Bonchev–Trinajstić information content (AvgIpc) is 2.85. The van der Waals surface area contributed by atoms with Crippen LogP contribution in [0.4, 0.5) is 0 Å². The van der Waals surface area contributed by atoms with E-state index in [9.17, 15) is 14.4 Å². The lowest BCUT2D eigenvalue weighted by Crippen LogP contribution is -2.12. The molecule has 6 heteroatoms. The number of carboxylic acids is 1. The van der Waals surface area contributed by atoms with E-state index in [0.29, 0.717) is 16.9 Å². The predicted molar refractivity (Wildman–Crippen MR) is 121 cm³/mol. The molecule has 0 aliphatic rings. The third kappa shape index (κ3) is 7.25. The molecule has 0 amide bonds. The molecule has 32 heavy (non-hydrogen) atoms. The molecule has 0 saturated heterocycles. The van der Waals surface area contributed by atoms with Gasteiger partial charge < -0.3 is 14.6 Å². The number of ketones is 1. The monoisotopic (exact) mass is 432 g/mol. The van der Waals surface area contributed by atoms with Gasteiger partial charge in [0.2, 0.25) is 0 Å². The van der Waals surface area contributed by atoms with Gasteiger partial charge in [0.1, 0.15) is 11.7 Å². The van der Waals surface area contributed by atoms with Crippen molar-refractivity contribution in [2.75, 3.05) is 14.2 Å². The lowest BCUT2D eigenvalue weighted by Gasteiger charge is -2.11. The summed E-state index contributed by atoms with van der Waals surface area (Å²) in [5.41, 5.74) is 1.63. The fourth-order valence-corrected chi connectivity index (χ4v) is 2.73. The number of aromatic carboxylic acids is 1. The van der Waals surface area contributed by atoms with E-state index in [1.54, 1.807) is 92.0 Å². The van der Waals surface area contributed by atoms with Crippen LogP contribution in [0.5, 0.6) is 5.75 Å². The van der Waals surface area contributed by atoms with Gasteiger partial charge in [-0.3, -0.25) is 9.59 Å². The van der Waals surface area contributed by atoms with E-state index in [2.05, 4.69) is 0 Å². The second-order valence-corrected chi connectivity index (χ2v) is 6.53. The highest BCUT2D eigenvalue weighted by molar-refractivity contribution is 6.04. The highest BCUT2D eigenvalue weighted by atomic mass is 16.5. The van der Waals surface area contributed by atoms with Gasteiger partial charge in [0.15, 0.2) is 5.78 Å². The van der Waals surface area contributed by atoms with Crippen molar-refractivity contribution in [3.8, 4) is 5.75 Å². The third-order valence-electron chi connectivity index (χ3n) is 4.45. The van der Waals surface area contributed by atoms with Crippen molar-refractivity contribution < 1.29 is 29.0 Å². The SMILES string of the molecule is COC(=O)C(/C=C/C(=O)c1ccccc1)c1ccc(OC)cc1.O=C(O)c1ccccc1. The smallest absolute Gasteiger partial charge is 0.335 e. The molecule has 1 N–H and O–H groups in total. The number of rotatable bonds is 7. The molecule has 1 atom stereocenters. The molecule has 3 aromatic rings. The lowest BCUT2D eigenvalue weighted by molar-refractivity contribution is -0.141. The Labute approximate surface area is 186 Å². The minimum absolute atomic E-state index is 0.159. The van der Waals surface area contributed by atoms with Gasteiger partial charge in [0.05, 0.1) is 19.8 Å². The zero-order chi connectivity index (χ0) is 23.3. The second kappa shape index (κ2) is 12.5. The molecule has 0 aliphatic heterocycles. The quantitative estimate of drug-likeness (QED) is 0.328. The molecule has 0 radical (unpaired) electrons. The van der Waals surface area contributed by atoms with Crippen molar-refractivity contribution in [3.05, 3.63) is 114 Å². The van der Waals surface area contributed by atoms with E-state index in [-0.39, 0.29) is 5.78 Å². The van der Waals surface area contributed by atoms with Crippen molar-refractivity contribution in [3.63, 3.8) is 0 Å². The van der Waals surface area contributed by atoms with Crippen LogP contribution < -0.4 is 4.74 Å². The number of esters is 1. The molecule has 0 fully saturated rings. The first-order valence-electron chi connectivity index (χ1n) is 9.74. The maximum absolute atomic E-state index is 12.1. The van der Waals surface area contributed by atoms with Crippen molar-refractivity contribution in [1.82, 2.24) is 0 Å². The number of allylic oxidation sites excluding steroid dienone is 1. The van der Waals surface area contributed by atoms with Gasteiger partial charge in [0, 0.05) is 5.56 Å². The van der Waals surface area contributed by atoms with E-state index >= 15 is 0 Å². The molecule has 0 aromatic heterocycles. The minimum atomic E-state index is -0.879. The maximum Gasteiger partial charge on any atom is 0.335 e. The molecule has 0 heterocycles. The number of carboxylic acid groups (broad SMARTS) is 1. The van der Waals surface area contributed by atoms with Gasteiger partial charge in [-0.1, -0.05) is 66.7 Å². The van der Waals surface area contributed by atoms with Crippen LogP contribution >= 0.6 is 0 Å². The van der Waals surface area contributed by atoms with Crippen molar-refractivity contribution in [1.29, 1.82) is 0 Å². The summed E-state index contributed by atoms with van der Waals surface area (Å²) in [5.74, 6) is -1.41. The summed E-state index contributed by atoms with van der Waals surface area (Å²) >= 11 is 0. The topological polar surface area (TPSA) is 89.9 Å². The van der Waals surface area contributed by atoms with E-state index in [1.165, 1.54) is 13.2 Å². The Bertz CT molecular complexity index is 1040. The highest BCUT2D eigenvalue weighted by Crippen LogP contribution is 2.22. The number of ether oxygens (including phenoxy) is 2. The number of hydrogen-bond acceptors (Lipinski definition) is 5. The Hall–Kier alpha value is -4.19. The number of carbonyl (C=O) groups excluding carboxylic acids is 2. The molecule has 0 saturated carbocycles. The molecular weight excluding hydrogens is 408 g/mol. The van der Waals surface area contributed by atoms with Crippen LogP contribution in [0.3, 0.4) is 0 Å². The van der Waals surface area contributed by atoms with Crippen molar-refractivity contribution in [2.24, 2.45) is 0 Å². The Balaban J connectivity index is 0.000000336. The van der Waals surface area contributed by atoms with E-state index in [0.717, 1.165) is 5.56 Å². The third-order valence-corrected chi connectivity index (χ3v) is 4.45. The van der Waals surface area contributed by atoms with Gasteiger partial charge in [-0.2, -0.15) is 0 Å². The number of benzene rings is 3. The Morgan fingerprint density at radius 2 is 1.31 bits per heavy atom. The number of methoxy groups -OCH3 is 2. The van der Waals surface area contributed by atoms with Gasteiger partial charge in [-0.05, 0) is 35.9 Å². The van der Waals surface area contributed by atoms with E-state index < -0.39 is 17.9 Å². The summed E-state index contributed by atoms with van der Waals surface area (Å²) in [6.45, 7) is 0. The first kappa shape index (κ1) is 24.1. The molecule has 0 aliphatic carbocycles. The zero-order valence-electron chi connectivity index (χ0n) is 17.8. The average molecular weight is 432 g/mol. The van der Waals surface area contributed by atoms with E-state index in [4.69, 9.17) is 14.6 Å². The fraction of sp³-hybridized carbons (Fsp3) is 0.115. The summed E-state index contributed by atoms with van der Waals surface area (Å²) in [6.07, 6.45) is 2.96. The van der Waals surface area contributed by atoms with Crippen LogP contribution in [-0.2, 0) is 9.53 Å². The van der Waals surface area contributed by atoms with Crippen LogP contribution in [0.25, 0.3) is 0 Å². The molecule has 1 unspecified atom stereocenters. The van der Waals surface area contributed by atoms with Gasteiger partial charge >= 0.3 is 11.9 Å². The molecule has 3 aromatic carbocycles. The van der Waals surface area contributed by atoms with Crippen LogP contribution in [-0.4, -0.2) is 37.0 Å². The van der Waals surface area contributed by atoms with Gasteiger partial charge in [-0.15, -0.1) is 0 Å². The zero-order valence-corrected chi connectivity index (χ0v) is 17.8. The normalized spacial score (nSPS) is 11.1. The lowest BCUT2D eigenvalue weighted by atomic mass is 9.97. The van der Waals surface area contributed by atoms with Crippen molar-refractivity contribution >= 4 is 17.7 Å². The summed E-state index contributed by atoms with van der Waals surface area (Å²) in [7, 11) is 2.90. The highest BCUT2D eigenvalue weighted by Gasteiger charge is 2.19.